The van der Waals surface area contributed by atoms with Crippen LogP contribution in [0.1, 0.15) is 12.8 Å². The minimum Gasteiger partial charge on any atom is -0.497 e. The van der Waals surface area contributed by atoms with Crippen LogP contribution in [0.4, 0.5) is 5.95 Å². The minimum absolute atomic E-state index is 0.277. The fraction of sp³-hybridized carbons (Fsp3) is 0.278. The third-order valence-electron chi connectivity index (χ3n) is 3.57. The lowest BCUT2D eigenvalue weighted by Crippen LogP contribution is -2.36. The Balaban J connectivity index is 2.11. The summed E-state index contributed by atoms with van der Waals surface area (Å²) in [7, 11) is 1.62. The van der Waals surface area contributed by atoms with Gasteiger partial charge in [0.1, 0.15) is 5.75 Å². The van der Waals surface area contributed by atoms with Crippen molar-refractivity contribution >= 4 is 5.95 Å². The molecule has 0 unspecified atom stereocenters. The summed E-state index contributed by atoms with van der Waals surface area (Å²) in [6, 6.07) is 7.52. The van der Waals surface area contributed by atoms with Gasteiger partial charge in [-0.05, 0) is 37.1 Å². The van der Waals surface area contributed by atoms with Crippen molar-refractivity contribution in [2.45, 2.75) is 18.4 Å². The second-order valence-corrected chi connectivity index (χ2v) is 5.46. The van der Waals surface area contributed by atoms with E-state index in [0.717, 1.165) is 11.3 Å². The molecule has 1 aromatic heterocycles. The van der Waals surface area contributed by atoms with E-state index in [9.17, 15) is 5.11 Å². The second kappa shape index (κ2) is 8.21. The molecular formula is C18H22N4O2. The summed E-state index contributed by atoms with van der Waals surface area (Å²) in [5.74, 6) is 1.13. The Hall–Kier alpha value is -2.73. The summed E-state index contributed by atoms with van der Waals surface area (Å²) >= 11 is 0. The zero-order valence-corrected chi connectivity index (χ0v) is 13.8. The first-order valence-corrected chi connectivity index (χ1v) is 7.62. The Morgan fingerprint density at radius 2 is 1.88 bits per heavy atom. The van der Waals surface area contributed by atoms with Gasteiger partial charge in [-0.3, -0.25) is 0 Å². The first-order valence-electron chi connectivity index (χ1n) is 7.62. The molecular weight excluding hydrogens is 304 g/mol. The molecule has 0 amide bonds. The van der Waals surface area contributed by atoms with Crippen LogP contribution in [0.25, 0.3) is 11.3 Å². The van der Waals surface area contributed by atoms with E-state index < -0.39 is 5.60 Å². The van der Waals surface area contributed by atoms with Crippen LogP contribution >= 0.6 is 0 Å². The topological polar surface area (TPSA) is 80.2 Å². The summed E-state index contributed by atoms with van der Waals surface area (Å²) in [4.78, 5) is 4.43. The molecule has 0 atom stereocenters. The zero-order chi connectivity index (χ0) is 17.4. The largest absolute Gasteiger partial charge is 0.497 e. The molecule has 0 aliphatic heterocycles. The number of aromatic nitrogens is 3. The average Bonchev–Trinajstić information content (AvgIpc) is 2.61. The summed E-state index contributed by atoms with van der Waals surface area (Å²) in [6.07, 6.45) is 5.83. The van der Waals surface area contributed by atoms with Gasteiger partial charge >= 0.3 is 0 Å². The van der Waals surface area contributed by atoms with E-state index in [1.54, 1.807) is 25.5 Å². The van der Waals surface area contributed by atoms with Crippen molar-refractivity contribution < 1.29 is 9.84 Å². The number of nitrogens with zero attached hydrogens (tertiary/aromatic N) is 3. The number of benzene rings is 1. The number of methoxy groups -OCH3 is 1. The van der Waals surface area contributed by atoms with Gasteiger partial charge in [-0.15, -0.1) is 18.3 Å². The van der Waals surface area contributed by atoms with Crippen LogP contribution in [-0.4, -0.2) is 39.5 Å². The van der Waals surface area contributed by atoms with Gasteiger partial charge in [0, 0.05) is 12.1 Å². The predicted octanol–water partition coefficient (Wildman–Crippen LogP) is 2.84. The smallest absolute Gasteiger partial charge is 0.243 e. The standard InChI is InChI=1S/C18H22N4O2/c1-4-10-18(23,11-5-2)13-19-17-21-16(12-20-22-17)14-6-8-15(24-3)9-7-14/h4-9,12,23H,1-2,10-11,13H2,3H3,(H,19,21,22). The van der Waals surface area contributed by atoms with Gasteiger partial charge in [0.15, 0.2) is 0 Å². The number of ether oxygens (including phenoxy) is 1. The van der Waals surface area contributed by atoms with Crippen molar-refractivity contribution in [3.05, 3.63) is 55.8 Å². The minimum atomic E-state index is -0.969. The van der Waals surface area contributed by atoms with Gasteiger partial charge in [-0.2, -0.15) is 5.10 Å². The van der Waals surface area contributed by atoms with Crippen LogP contribution in [0, 0.1) is 0 Å². The molecule has 0 spiro atoms. The number of hydrogen-bond donors (Lipinski definition) is 2. The number of aliphatic hydroxyl groups is 1. The highest BCUT2D eigenvalue weighted by molar-refractivity contribution is 5.60. The molecule has 6 nitrogen and oxygen atoms in total. The van der Waals surface area contributed by atoms with E-state index in [2.05, 4.69) is 33.7 Å². The summed E-state index contributed by atoms with van der Waals surface area (Å²) in [6.45, 7) is 7.63. The second-order valence-electron chi connectivity index (χ2n) is 5.46. The molecule has 2 rings (SSSR count). The highest BCUT2D eigenvalue weighted by Crippen LogP contribution is 2.21. The van der Waals surface area contributed by atoms with Gasteiger partial charge in [0.05, 0.1) is 24.6 Å². The van der Waals surface area contributed by atoms with E-state index in [4.69, 9.17) is 4.74 Å². The quantitative estimate of drug-likeness (QED) is 0.690. The molecule has 0 saturated heterocycles. The molecule has 0 radical (unpaired) electrons. The van der Waals surface area contributed by atoms with Crippen molar-refractivity contribution in [2.24, 2.45) is 0 Å². The molecule has 0 bridgehead atoms. The fourth-order valence-corrected chi connectivity index (χ4v) is 2.29. The monoisotopic (exact) mass is 326 g/mol. The summed E-state index contributed by atoms with van der Waals surface area (Å²) in [5.41, 5.74) is 0.621. The first-order chi connectivity index (χ1) is 11.6. The fourth-order valence-electron chi connectivity index (χ4n) is 2.29. The molecule has 0 fully saturated rings. The Bertz CT molecular complexity index is 676. The SMILES string of the molecule is C=CCC(O)(CC=C)CNc1nncc(-c2ccc(OC)cc2)n1. The lowest BCUT2D eigenvalue weighted by Gasteiger charge is -2.25. The molecule has 6 heteroatoms. The molecule has 0 aliphatic carbocycles. The van der Waals surface area contributed by atoms with E-state index in [-0.39, 0.29) is 6.54 Å². The van der Waals surface area contributed by atoms with Gasteiger partial charge in [0.2, 0.25) is 5.95 Å². The normalized spacial score (nSPS) is 10.9. The van der Waals surface area contributed by atoms with Crippen LogP contribution in [0.5, 0.6) is 5.75 Å². The summed E-state index contributed by atoms with van der Waals surface area (Å²) in [5, 5.41) is 21.5. The molecule has 2 aromatic rings. The van der Waals surface area contributed by atoms with Crippen molar-refractivity contribution in [2.75, 3.05) is 19.0 Å². The van der Waals surface area contributed by atoms with Crippen LogP contribution < -0.4 is 10.1 Å². The van der Waals surface area contributed by atoms with Gasteiger partial charge in [-0.25, -0.2) is 4.98 Å². The summed E-state index contributed by atoms with van der Waals surface area (Å²) < 4.78 is 5.15. The van der Waals surface area contributed by atoms with E-state index in [1.165, 1.54) is 0 Å². The van der Waals surface area contributed by atoms with Crippen molar-refractivity contribution in [1.29, 1.82) is 0 Å². The molecule has 0 aliphatic rings. The number of hydrogen-bond acceptors (Lipinski definition) is 6. The molecule has 24 heavy (non-hydrogen) atoms. The highest BCUT2D eigenvalue weighted by Gasteiger charge is 2.24. The number of rotatable bonds is 9. The highest BCUT2D eigenvalue weighted by atomic mass is 16.5. The van der Waals surface area contributed by atoms with Crippen molar-refractivity contribution in [3.8, 4) is 17.0 Å². The molecule has 1 aromatic carbocycles. The maximum absolute atomic E-state index is 10.5. The van der Waals surface area contributed by atoms with E-state index in [0.29, 0.717) is 24.5 Å². The van der Waals surface area contributed by atoms with E-state index in [1.807, 2.05) is 24.3 Å². The van der Waals surface area contributed by atoms with Crippen LogP contribution in [-0.2, 0) is 0 Å². The molecule has 0 saturated carbocycles. The Kier molecular flexibility index (Phi) is 6.03. The molecule has 126 valence electrons. The number of nitrogens with one attached hydrogen (secondary N) is 1. The Morgan fingerprint density at radius 3 is 2.46 bits per heavy atom. The van der Waals surface area contributed by atoms with Crippen molar-refractivity contribution in [3.63, 3.8) is 0 Å². The van der Waals surface area contributed by atoms with Crippen LogP contribution in [0.2, 0.25) is 0 Å². The lowest BCUT2D eigenvalue weighted by molar-refractivity contribution is 0.0598. The zero-order valence-electron chi connectivity index (χ0n) is 13.8. The van der Waals surface area contributed by atoms with E-state index >= 15 is 0 Å². The maximum Gasteiger partial charge on any atom is 0.243 e. The van der Waals surface area contributed by atoms with Crippen LogP contribution in [0.3, 0.4) is 0 Å². The van der Waals surface area contributed by atoms with Crippen molar-refractivity contribution in [1.82, 2.24) is 15.2 Å². The first kappa shape index (κ1) is 17.6. The predicted molar refractivity (Wildman–Crippen MR) is 94.9 cm³/mol. The Morgan fingerprint density at radius 1 is 1.21 bits per heavy atom. The van der Waals surface area contributed by atoms with Gasteiger partial charge in [-0.1, -0.05) is 12.2 Å². The molecule has 2 N–H and O–H groups in total. The third kappa shape index (κ3) is 4.63. The Labute approximate surface area is 141 Å². The number of anilines is 1. The molecule has 1 heterocycles. The third-order valence-corrected chi connectivity index (χ3v) is 3.57. The van der Waals surface area contributed by atoms with Gasteiger partial charge in [0.25, 0.3) is 0 Å². The van der Waals surface area contributed by atoms with Gasteiger partial charge < -0.3 is 15.2 Å². The lowest BCUT2D eigenvalue weighted by atomic mass is 9.95. The van der Waals surface area contributed by atoms with Crippen LogP contribution in [0.15, 0.2) is 55.8 Å². The average molecular weight is 326 g/mol. The maximum atomic E-state index is 10.5.